The van der Waals surface area contributed by atoms with Gasteiger partial charge in [0.2, 0.25) is 0 Å². The Morgan fingerprint density at radius 1 is 1.09 bits per heavy atom. The molecule has 0 aromatic rings. The number of nitrogens with one attached hydrogen (secondary N) is 3. The molecule has 2 saturated heterocycles. The van der Waals surface area contributed by atoms with Crippen LogP contribution in [0, 0.1) is 0 Å². The molecule has 8 heteroatoms. The SMILES string of the molecule is CC.CC.CC.CC(=O)CCCC[C@@H]1SC[C@]2(C)NC(=O)N[C@H]12.CCC.CNCC(O)CC(C)=O. The molecule has 2 heterocycles. The molecule has 0 spiro atoms. The standard InChI is InChI=1S/C12H20N2O2S.C6H13NO2.C3H8.3C2H6/c1-8(15)5-3-4-6-9-10-12(2,7-17-9)14-11(16)13-10;1-5(8)3-6(9)4-7-2;1-3-2;3*1-2/h9-10H,3-7H2,1-2H3,(H2,13,14,16);6-7,9H,3-4H2,1-2H3;3H2,1-2H3;3*1-2H3/t9-,10+,12-;;;;;/m0...../s1. The highest BCUT2D eigenvalue weighted by Gasteiger charge is 2.51. The van der Waals surface area contributed by atoms with Crippen molar-refractivity contribution < 1.29 is 19.5 Å². The fourth-order valence-corrected chi connectivity index (χ4v) is 4.99. The summed E-state index contributed by atoms with van der Waals surface area (Å²) in [6.07, 6.45) is 4.79. The Labute approximate surface area is 221 Å². The number of amides is 2. The number of aliphatic hydroxyl groups excluding tert-OH is 1. The average Bonchev–Trinajstić information content (AvgIpc) is 3.27. The van der Waals surface area contributed by atoms with Gasteiger partial charge in [0.1, 0.15) is 11.6 Å². The predicted octanol–water partition coefficient (Wildman–Crippen LogP) is 5.73. The second-order valence-corrected chi connectivity index (χ2v) is 9.34. The molecule has 35 heavy (non-hydrogen) atoms. The van der Waals surface area contributed by atoms with E-state index in [9.17, 15) is 14.4 Å². The lowest BCUT2D eigenvalue weighted by atomic mass is 9.92. The number of carbonyl (C=O) groups excluding carboxylic acids is 3. The van der Waals surface area contributed by atoms with Crippen LogP contribution in [0.15, 0.2) is 0 Å². The van der Waals surface area contributed by atoms with Gasteiger partial charge >= 0.3 is 6.03 Å². The Morgan fingerprint density at radius 2 is 1.60 bits per heavy atom. The van der Waals surface area contributed by atoms with Crippen LogP contribution in [0.2, 0.25) is 0 Å². The zero-order chi connectivity index (χ0) is 28.4. The van der Waals surface area contributed by atoms with Crippen LogP contribution in [0.5, 0.6) is 0 Å². The maximum absolute atomic E-state index is 11.4. The van der Waals surface area contributed by atoms with Crippen molar-refractivity contribution in [2.45, 2.75) is 138 Å². The number of hydrogen-bond donors (Lipinski definition) is 4. The molecule has 2 rings (SSSR count). The van der Waals surface area contributed by atoms with Gasteiger partial charge in [-0.3, -0.25) is 4.79 Å². The highest BCUT2D eigenvalue weighted by Crippen LogP contribution is 2.39. The number of Topliss-reactive ketones (excluding diaryl/α,β-unsaturated/α-hetero) is 2. The quantitative estimate of drug-likeness (QED) is 0.228. The summed E-state index contributed by atoms with van der Waals surface area (Å²) in [4.78, 5) is 32.5. The maximum atomic E-state index is 11.4. The summed E-state index contributed by atoms with van der Waals surface area (Å²) in [6.45, 7) is 22.0. The number of aliphatic hydroxyl groups is 1. The molecule has 0 aliphatic carbocycles. The summed E-state index contributed by atoms with van der Waals surface area (Å²) < 4.78 is 0. The molecule has 4 N–H and O–H groups in total. The fourth-order valence-electron chi connectivity index (χ4n) is 3.29. The van der Waals surface area contributed by atoms with Crippen LogP contribution in [0.3, 0.4) is 0 Å². The molecule has 0 aromatic carbocycles. The summed E-state index contributed by atoms with van der Waals surface area (Å²) in [5.41, 5.74) is -0.0764. The number of unbranched alkanes of at least 4 members (excludes halogenated alkanes) is 1. The third-order valence-corrected chi connectivity index (χ3v) is 6.27. The normalized spacial score (nSPS) is 21.6. The van der Waals surface area contributed by atoms with Crippen molar-refractivity contribution in [3.8, 4) is 0 Å². The van der Waals surface area contributed by atoms with Crippen LogP contribution in [0.4, 0.5) is 4.79 Å². The van der Waals surface area contributed by atoms with Gasteiger partial charge in [0.15, 0.2) is 0 Å². The lowest BCUT2D eigenvalue weighted by molar-refractivity contribution is -0.119. The van der Waals surface area contributed by atoms with Gasteiger partial charge in [-0.05, 0) is 40.7 Å². The second kappa shape index (κ2) is 27.5. The smallest absolute Gasteiger partial charge is 0.315 e. The van der Waals surface area contributed by atoms with E-state index in [1.165, 1.54) is 13.3 Å². The summed E-state index contributed by atoms with van der Waals surface area (Å²) in [7, 11) is 1.74. The van der Waals surface area contributed by atoms with E-state index in [2.05, 4.69) is 36.7 Å². The van der Waals surface area contributed by atoms with Crippen molar-refractivity contribution in [3.05, 3.63) is 0 Å². The molecule has 212 valence electrons. The number of thioether (sulfide) groups is 1. The Hall–Kier alpha value is -1.12. The Kier molecular flexibility index (Phi) is 32.2. The first-order chi connectivity index (χ1) is 16.6. The molecule has 0 aromatic heterocycles. The molecule has 2 amide bonds. The molecule has 0 saturated carbocycles. The van der Waals surface area contributed by atoms with Crippen LogP contribution in [-0.2, 0) is 9.59 Å². The van der Waals surface area contributed by atoms with Gasteiger partial charge in [-0.15, -0.1) is 0 Å². The van der Waals surface area contributed by atoms with E-state index in [1.807, 2.05) is 53.3 Å². The van der Waals surface area contributed by atoms with Gasteiger partial charge in [-0.25, -0.2) is 4.79 Å². The molecule has 2 aliphatic rings. The molecular weight excluding hydrogens is 462 g/mol. The monoisotopic (exact) mass is 521 g/mol. The molecule has 0 radical (unpaired) electrons. The van der Waals surface area contributed by atoms with Gasteiger partial charge in [-0.2, -0.15) is 11.8 Å². The van der Waals surface area contributed by atoms with Crippen LogP contribution >= 0.6 is 11.8 Å². The van der Waals surface area contributed by atoms with E-state index in [1.54, 1.807) is 14.0 Å². The molecule has 4 atom stereocenters. The number of rotatable bonds is 9. The summed E-state index contributed by atoms with van der Waals surface area (Å²) >= 11 is 1.93. The molecule has 0 bridgehead atoms. The molecule has 2 fully saturated rings. The Morgan fingerprint density at radius 3 is 2.03 bits per heavy atom. The van der Waals surface area contributed by atoms with Gasteiger partial charge in [-0.1, -0.05) is 68.2 Å². The topological polar surface area (TPSA) is 108 Å². The van der Waals surface area contributed by atoms with Crippen molar-refractivity contribution >= 4 is 29.4 Å². The van der Waals surface area contributed by atoms with Crippen LogP contribution < -0.4 is 16.0 Å². The van der Waals surface area contributed by atoms with E-state index in [0.717, 1.165) is 25.0 Å². The molecule has 7 nitrogen and oxygen atoms in total. The van der Waals surface area contributed by atoms with Crippen LogP contribution in [0.1, 0.15) is 115 Å². The first-order valence-corrected chi connectivity index (χ1v) is 14.7. The molecule has 2 aliphatic heterocycles. The lowest BCUT2D eigenvalue weighted by Gasteiger charge is -2.23. The van der Waals surface area contributed by atoms with Crippen molar-refractivity contribution in [2.75, 3.05) is 19.3 Å². The summed E-state index contributed by atoms with van der Waals surface area (Å²) in [5.74, 6) is 1.27. The molecule has 1 unspecified atom stereocenters. The molecular formula is C27H59N3O4S. The van der Waals surface area contributed by atoms with Gasteiger partial charge < -0.3 is 25.9 Å². The number of fused-ring (bicyclic) bond motifs is 1. The average molecular weight is 522 g/mol. The lowest BCUT2D eigenvalue weighted by Crippen LogP contribution is -2.47. The highest BCUT2D eigenvalue weighted by atomic mass is 32.2. The van der Waals surface area contributed by atoms with Crippen LogP contribution in [-0.4, -0.2) is 65.0 Å². The van der Waals surface area contributed by atoms with E-state index in [4.69, 9.17) is 5.11 Å². The van der Waals surface area contributed by atoms with E-state index < -0.39 is 6.10 Å². The Bertz CT molecular complexity index is 521. The van der Waals surface area contributed by atoms with E-state index in [-0.39, 0.29) is 35.6 Å². The van der Waals surface area contributed by atoms with Crippen molar-refractivity contribution in [1.82, 2.24) is 16.0 Å². The number of carbonyl (C=O) groups is 3. The van der Waals surface area contributed by atoms with Crippen molar-refractivity contribution in [2.24, 2.45) is 0 Å². The van der Waals surface area contributed by atoms with Gasteiger partial charge in [0.25, 0.3) is 0 Å². The Balaban J connectivity index is -0.000000226. The van der Waals surface area contributed by atoms with E-state index in [0.29, 0.717) is 18.2 Å². The minimum absolute atomic E-state index is 0.0257. The third-order valence-electron chi connectivity index (χ3n) is 4.57. The number of urea groups is 1. The minimum atomic E-state index is -0.521. The third kappa shape index (κ3) is 21.9. The largest absolute Gasteiger partial charge is 0.391 e. The highest BCUT2D eigenvalue weighted by molar-refractivity contribution is 8.00. The number of likely N-dealkylation sites (N-methyl/N-ethyl adjacent to an activating group) is 1. The maximum Gasteiger partial charge on any atom is 0.315 e. The zero-order valence-corrected chi connectivity index (χ0v) is 25.8. The van der Waals surface area contributed by atoms with Gasteiger partial charge in [0, 0.05) is 30.4 Å². The van der Waals surface area contributed by atoms with Crippen molar-refractivity contribution in [3.63, 3.8) is 0 Å². The summed E-state index contributed by atoms with van der Waals surface area (Å²) in [5, 5.41) is 18.2. The minimum Gasteiger partial charge on any atom is -0.391 e. The fraction of sp³-hybridized carbons (Fsp3) is 0.889. The van der Waals surface area contributed by atoms with Gasteiger partial charge in [0.05, 0.1) is 17.7 Å². The summed E-state index contributed by atoms with van der Waals surface area (Å²) in [6, 6.07) is 0.212. The van der Waals surface area contributed by atoms with Crippen LogP contribution in [0.25, 0.3) is 0 Å². The number of ketones is 2. The first kappa shape index (κ1) is 41.0. The van der Waals surface area contributed by atoms with E-state index >= 15 is 0 Å². The second-order valence-electron chi connectivity index (χ2n) is 8.12. The predicted molar refractivity (Wildman–Crippen MR) is 154 cm³/mol. The van der Waals surface area contributed by atoms with Crippen molar-refractivity contribution in [1.29, 1.82) is 0 Å². The number of hydrogen-bond acceptors (Lipinski definition) is 6. The first-order valence-electron chi connectivity index (χ1n) is 13.6. The zero-order valence-electron chi connectivity index (χ0n) is 25.0.